The SMILES string of the molecule is Cl.N#CCC12CC(N)(C1)C2. The zero-order chi connectivity index (χ0) is 6.54. The minimum atomic E-state index is 0. The molecule has 3 fully saturated rings. The van der Waals surface area contributed by atoms with Gasteiger partial charge in [-0.25, -0.2) is 0 Å². The van der Waals surface area contributed by atoms with Crippen LogP contribution in [0.3, 0.4) is 0 Å². The van der Waals surface area contributed by atoms with Crippen molar-refractivity contribution < 1.29 is 0 Å². The quantitative estimate of drug-likeness (QED) is 0.624. The summed E-state index contributed by atoms with van der Waals surface area (Å²) in [6.07, 6.45) is 4.04. The van der Waals surface area contributed by atoms with E-state index < -0.39 is 0 Å². The summed E-state index contributed by atoms with van der Waals surface area (Å²) in [5.74, 6) is 0. The van der Waals surface area contributed by atoms with Crippen molar-refractivity contribution in [1.29, 1.82) is 5.26 Å². The summed E-state index contributed by atoms with van der Waals surface area (Å²) in [6.45, 7) is 0. The van der Waals surface area contributed by atoms with E-state index in [1.165, 1.54) is 0 Å². The molecular weight excluding hydrogens is 148 g/mol. The van der Waals surface area contributed by atoms with Crippen molar-refractivity contribution in [2.24, 2.45) is 11.1 Å². The van der Waals surface area contributed by atoms with Crippen LogP contribution in [0, 0.1) is 16.7 Å². The summed E-state index contributed by atoms with van der Waals surface area (Å²) in [4.78, 5) is 0. The lowest BCUT2D eigenvalue weighted by Crippen LogP contribution is -2.71. The van der Waals surface area contributed by atoms with Gasteiger partial charge < -0.3 is 5.73 Å². The second-order valence-corrected chi connectivity index (χ2v) is 3.73. The monoisotopic (exact) mass is 158 g/mol. The van der Waals surface area contributed by atoms with Gasteiger partial charge in [-0.3, -0.25) is 0 Å². The molecule has 0 amide bonds. The van der Waals surface area contributed by atoms with Crippen molar-refractivity contribution in [2.75, 3.05) is 0 Å². The molecule has 3 aliphatic rings. The van der Waals surface area contributed by atoms with Gasteiger partial charge in [-0.15, -0.1) is 12.4 Å². The van der Waals surface area contributed by atoms with E-state index in [-0.39, 0.29) is 17.9 Å². The second-order valence-electron chi connectivity index (χ2n) is 3.73. The third-order valence-electron chi connectivity index (χ3n) is 2.64. The van der Waals surface area contributed by atoms with E-state index in [4.69, 9.17) is 11.0 Å². The highest BCUT2D eigenvalue weighted by molar-refractivity contribution is 5.85. The summed E-state index contributed by atoms with van der Waals surface area (Å²) in [5, 5.41) is 8.38. The third kappa shape index (κ3) is 0.744. The smallest absolute Gasteiger partial charge is 0.0627 e. The standard InChI is InChI=1S/C7H10N2.ClH/c8-2-1-6-3-7(9,4-6)5-6;/h1,3-5,9H2;1H. The fourth-order valence-electron chi connectivity index (χ4n) is 2.44. The molecule has 3 rings (SSSR count). The lowest BCUT2D eigenvalue weighted by Gasteiger charge is -2.68. The number of nitrogens with zero attached hydrogens (tertiary/aromatic N) is 1. The molecular formula is C7H11ClN2. The second kappa shape index (κ2) is 1.87. The number of hydrogen-bond acceptors (Lipinski definition) is 2. The van der Waals surface area contributed by atoms with Gasteiger partial charge in [-0.2, -0.15) is 5.26 Å². The molecule has 0 heterocycles. The Morgan fingerprint density at radius 1 is 1.40 bits per heavy atom. The third-order valence-corrected chi connectivity index (χ3v) is 2.64. The molecule has 0 aromatic carbocycles. The normalized spacial score (nSPS) is 47.6. The lowest BCUT2D eigenvalue weighted by molar-refractivity contribution is -0.126. The van der Waals surface area contributed by atoms with Crippen LogP contribution in [-0.2, 0) is 0 Å². The molecule has 10 heavy (non-hydrogen) atoms. The fraction of sp³-hybridized carbons (Fsp3) is 0.857. The minimum Gasteiger partial charge on any atom is -0.325 e. The summed E-state index contributed by atoms with van der Waals surface area (Å²) in [7, 11) is 0. The van der Waals surface area contributed by atoms with E-state index >= 15 is 0 Å². The van der Waals surface area contributed by atoms with Crippen LogP contribution in [0.15, 0.2) is 0 Å². The Bertz CT molecular complexity index is 174. The van der Waals surface area contributed by atoms with Crippen LogP contribution in [0.2, 0.25) is 0 Å². The predicted octanol–water partition coefficient (Wildman–Crippen LogP) is 1.20. The van der Waals surface area contributed by atoms with Crippen LogP contribution >= 0.6 is 12.4 Å². The Kier molecular flexibility index (Phi) is 1.47. The molecule has 0 unspecified atom stereocenters. The van der Waals surface area contributed by atoms with Crippen molar-refractivity contribution >= 4 is 12.4 Å². The predicted molar refractivity (Wildman–Crippen MR) is 40.7 cm³/mol. The van der Waals surface area contributed by atoms with Crippen molar-refractivity contribution in [3.05, 3.63) is 0 Å². The van der Waals surface area contributed by atoms with Crippen LogP contribution in [0.1, 0.15) is 25.7 Å². The zero-order valence-corrected chi connectivity index (χ0v) is 6.58. The molecule has 0 spiro atoms. The van der Waals surface area contributed by atoms with Crippen molar-refractivity contribution in [2.45, 2.75) is 31.2 Å². The molecule has 0 aromatic rings. The molecule has 3 aliphatic carbocycles. The summed E-state index contributed by atoms with van der Waals surface area (Å²) < 4.78 is 0. The largest absolute Gasteiger partial charge is 0.325 e. The molecule has 0 radical (unpaired) electrons. The Balaban J connectivity index is 0.000000500. The van der Waals surface area contributed by atoms with Crippen LogP contribution in [0.5, 0.6) is 0 Å². The zero-order valence-electron chi connectivity index (χ0n) is 5.76. The van der Waals surface area contributed by atoms with Gasteiger partial charge in [0.15, 0.2) is 0 Å². The highest BCUT2D eigenvalue weighted by atomic mass is 35.5. The van der Waals surface area contributed by atoms with Crippen molar-refractivity contribution in [3.8, 4) is 6.07 Å². The van der Waals surface area contributed by atoms with Crippen LogP contribution in [0.25, 0.3) is 0 Å². The van der Waals surface area contributed by atoms with Crippen molar-refractivity contribution in [1.82, 2.24) is 0 Å². The molecule has 3 heteroatoms. The van der Waals surface area contributed by atoms with Crippen LogP contribution < -0.4 is 5.73 Å². The van der Waals surface area contributed by atoms with Gasteiger partial charge in [0.2, 0.25) is 0 Å². The molecule has 56 valence electrons. The molecule has 0 saturated heterocycles. The molecule has 2 bridgehead atoms. The molecule has 3 saturated carbocycles. The van der Waals surface area contributed by atoms with Gasteiger partial charge in [0.1, 0.15) is 0 Å². The van der Waals surface area contributed by atoms with Gasteiger partial charge in [0.25, 0.3) is 0 Å². The maximum absolute atomic E-state index is 8.38. The lowest BCUT2D eigenvalue weighted by atomic mass is 9.39. The first-order chi connectivity index (χ1) is 4.18. The topological polar surface area (TPSA) is 49.8 Å². The average Bonchev–Trinajstić information content (AvgIpc) is 1.60. The Labute approximate surface area is 66.8 Å². The fourth-order valence-corrected chi connectivity index (χ4v) is 2.44. The number of rotatable bonds is 1. The number of hydrogen-bond donors (Lipinski definition) is 1. The van der Waals surface area contributed by atoms with E-state index in [9.17, 15) is 0 Å². The van der Waals surface area contributed by atoms with Crippen LogP contribution in [0.4, 0.5) is 0 Å². The van der Waals surface area contributed by atoms with Gasteiger partial charge >= 0.3 is 0 Å². The van der Waals surface area contributed by atoms with Crippen LogP contribution in [-0.4, -0.2) is 5.54 Å². The number of nitriles is 1. The van der Waals surface area contributed by atoms with Gasteiger partial charge in [0, 0.05) is 12.0 Å². The molecule has 2 nitrogen and oxygen atoms in total. The minimum absolute atomic E-state index is 0. The van der Waals surface area contributed by atoms with E-state index in [1.807, 2.05) is 0 Å². The Morgan fingerprint density at radius 2 is 1.90 bits per heavy atom. The highest BCUT2D eigenvalue weighted by Crippen LogP contribution is 2.67. The maximum Gasteiger partial charge on any atom is 0.0627 e. The highest BCUT2D eigenvalue weighted by Gasteiger charge is 2.65. The number of nitrogens with two attached hydrogens (primary N) is 1. The first kappa shape index (κ1) is 7.84. The van der Waals surface area contributed by atoms with Gasteiger partial charge in [-0.05, 0) is 24.7 Å². The van der Waals surface area contributed by atoms with Crippen molar-refractivity contribution in [3.63, 3.8) is 0 Å². The van der Waals surface area contributed by atoms with E-state index in [1.54, 1.807) is 0 Å². The first-order valence-corrected chi connectivity index (χ1v) is 3.34. The first-order valence-electron chi connectivity index (χ1n) is 3.34. The molecule has 0 atom stereocenters. The van der Waals surface area contributed by atoms with E-state index in [0.717, 1.165) is 25.7 Å². The van der Waals surface area contributed by atoms with Gasteiger partial charge in [-0.1, -0.05) is 0 Å². The van der Waals surface area contributed by atoms with Gasteiger partial charge in [0.05, 0.1) is 6.07 Å². The summed E-state index contributed by atoms with van der Waals surface area (Å²) in [5.41, 5.74) is 6.36. The van der Waals surface area contributed by atoms with E-state index in [0.29, 0.717) is 5.41 Å². The number of halogens is 1. The summed E-state index contributed by atoms with van der Waals surface area (Å²) in [6, 6.07) is 2.21. The molecule has 2 N–H and O–H groups in total. The summed E-state index contributed by atoms with van der Waals surface area (Å²) >= 11 is 0. The maximum atomic E-state index is 8.38. The molecule has 0 aliphatic heterocycles. The molecule has 0 aromatic heterocycles. The average molecular weight is 159 g/mol. The van der Waals surface area contributed by atoms with E-state index in [2.05, 4.69) is 6.07 Å². The Hall–Kier alpha value is -0.260. The Morgan fingerprint density at radius 3 is 2.20 bits per heavy atom.